The maximum Gasteiger partial charge on any atom is 0.210 e. The smallest absolute Gasteiger partial charge is 0.210 e. The first-order valence-corrected chi connectivity index (χ1v) is 4.63. The third-order valence-corrected chi connectivity index (χ3v) is 1.99. The van der Waals surface area contributed by atoms with Crippen molar-refractivity contribution in [1.29, 1.82) is 0 Å². The maximum absolute atomic E-state index is 11.9. The summed E-state index contributed by atoms with van der Waals surface area (Å²) in [6, 6.07) is 3.49. The molecular formula is C12H10N2O. The topological polar surface area (TPSA) is 42.0 Å². The highest BCUT2D eigenvalue weighted by molar-refractivity contribution is 6.08. The molecule has 0 aliphatic carbocycles. The molecule has 3 heteroatoms. The van der Waals surface area contributed by atoms with E-state index in [1.165, 1.54) is 0 Å². The highest BCUT2D eigenvalue weighted by Crippen LogP contribution is 2.06. The third kappa shape index (κ3) is 2.20. The number of aromatic nitrogens is 1. The van der Waals surface area contributed by atoms with Gasteiger partial charge in [0.15, 0.2) is 0 Å². The minimum Gasteiger partial charge on any atom is -0.359 e. The van der Waals surface area contributed by atoms with Crippen molar-refractivity contribution in [2.24, 2.45) is 0 Å². The van der Waals surface area contributed by atoms with Crippen molar-refractivity contribution in [2.45, 2.75) is 0 Å². The third-order valence-electron chi connectivity index (χ3n) is 1.99. The number of carbonyl (C=O) groups excluding carboxylic acids is 1. The van der Waals surface area contributed by atoms with Gasteiger partial charge >= 0.3 is 0 Å². The molecule has 0 unspecified atom stereocenters. The van der Waals surface area contributed by atoms with Gasteiger partial charge in [0.25, 0.3) is 0 Å². The van der Waals surface area contributed by atoms with E-state index in [0.29, 0.717) is 11.3 Å². The fraction of sp³-hybridized carbons (Fsp3) is 0. The minimum atomic E-state index is -0.0562. The molecule has 0 radical (unpaired) electrons. The first kappa shape index (κ1) is 9.40. The zero-order valence-electron chi connectivity index (χ0n) is 8.05. The van der Waals surface area contributed by atoms with E-state index in [-0.39, 0.29) is 5.78 Å². The van der Waals surface area contributed by atoms with Gasteiger partial charge in [-0.1, -0.05) is 12.2 Å². The highest BCUT2D eigenvalue weighted by atomic mass is 16.1. The number of ketones is 1. The quantitative estimate of drug-likeness (QED) is 0.737. The molecule has 0 saturated heterocycles. The second-order valence-electron chi connectivity index (χ2n) is 3.04. The summed E-state index contributed by atoms with van der Waals surface area (Å²) in [5, 5.41) is 2.92. The number of nitrogens with zero attached hydrogens (tertiary/aromatic N) is 1. The number of hydrogen-bond donors (Lipinski definition) is 1. The number of allylic oxidation sites excluding steroid dienone is 5. The Balaban J connectivity index is 2.25. The lowest BCUT2D eigenvalue weighted by atomic mass is 10.1. The van der Waals surface area contributed by atoms with Crippen LogP contribution in [0, 0.1) is 0 Å². The van der Waals surface area contributed by atoms with Gasteiger partial charge in [0.05, 0.1) is 5.70 Å². The van der Waals surface area contributed by atoms with Crippen molar-refractivity contribution in [1.82, 2.24) is 10.3 Å². The SMILES string of the molecule is O=C(C1=CC=CC=CN1)c1cccnc1. The van der Waals surface area contributed by atoms with Crippen LogP contribution >= 0.6 is 0 Å². The van der Waals surface area contributed by atoms with E-state index in [9.17, 15) is 4.79 Å². The molecule has 0 amide bonds. The van der Waals surface area contributed by atoms with Gasteiger partial charge in [0, 0.05) is 24.2 Å². The monoisotopic (exact) mass is 198 g/mol. The van der Waals surface area contributed by atoms with Crippen molar-refractivity contribution in [3.63, 3.8) is 0 Å². The summed E-state index contributed by atoms with van der Waals surface area (Å²) in [5.41, 5.74) is 1.13. The predicted octanol–water partition coefficient (Wildman–Crippen LogP) is 1.82. The summed E-state index contributed by atoms with van der Waals surface area (Å²) < 4.78 is 0. The van der Waals surface area contributed by atoms with Gasteiger partial charge in [-0.25, -0.2) is 0 Å². The maximum atomic E-state index is 11.9. The zero-order chi connectivity index (χ0) is 10.5. The number of nitrogens with one attached hydrogen (secondary N) is 1. The summed E-state index contributed by atoms with van der Waals surface area (Å²) in [4.78, 5) is 15.8. The number of pyridine rings is 1. The Bertz CT molecular complexity index is 444. The lowest BCUT2D eigenvalue weighted by Gasteiger charge is -2.04. The molecule has 3 nitrogen and oxygen atoms in total. The molecule has 0 spiro atoms. The molecule has 2 rings (SSSR count). The van der Waals surface area contributed by atoms with Gasteiger partial charge in [-0.05, 0) is 24.3 Å². The molecule has 1 aromatic rings. The largest absolute Gasteiger partial charge is 0.359 e. The van der Waals surface area contributed by atoms with Gasteiger partial charge in [-0.3, -0.25) is 9.78 Å². The lowest BCUT2D eigenvalue weighted by Crippen LogP contribution is -2.15. The molecule has 0 fully saturated rings. The van der Waals surface area contributed by atoms with E-state index < -0.39 is 0 Å². The molecule has 1 aromatic heterocycles. The number of hydrogen-bond acceptors (Lipinski definition) is 3. The van der Waals surface area contributed by atoms with E-state index in [1.807, 2.05) is 18.2 Å². The first-order valence-electron chi connectivity index (χ1n) is 4.63. The van der Waals surface area contributed by atoms with E-state index in [0.717, 1.165) is 0 Å². The molecule has 0 bridgehead atoms. The van der Waals surface area contributed by atoms with E-state index in [1.54, 1.807) is 36.8 Å². The van der Waals surface area contributed by atoms with Crippen molar-refractivity contribution in [3.8, 4) is 0 Å². The Kier molecular flexibility index (Phi) is 2.74. The van der Waals surface area contributed by atoms with Crippen LogP contribution in [-0.2, 0) is 0 Å². The Morgan fingerprint density at radius 1 is 1.27 bits per heavy atom. The second-order valence-corrected chi connectivity index (χ2v) is 3.04. The fourth-order valence-electron chi connectivity index (χ4n) is 1.25. The molecule has 0 saturated carbocycles. The summed E-state index contributed by atoms with van der Waals surface area (Å²) in [6.45, 7) is 0. The average Bonchev–Trinajstić information content (AvgIpc) is 2.58. The molecule has 74 valence electrons. The predicted molar refractivity (Wildman–Crippen MR) is 58.1 cm³/mol. The summed E-state index contributed by atoms with van der Waals surface area (Å²) in [6.07, 6.45) is 12.2. The van der Waals surface area contributed by atoms with Gasteiger partial charge in [-0.2, -0.15) is 0 Å². The van der Waals surface area contributed by atoms with Crippen LogP contribution in [0.1, 0.15) is 10.4 Å². The van der Waals surface area contributed by atoms with E-state index >= 15 is 0 Å². The standard InChI is InChI=1S/C12H10N2O/c15-12(10-5-4-7-13-9-10)11-6-2-1-3-8-14-11/h1-9,14H. The minimum absolute atomic E-state index is 0.0562. The molecule has 2 heterocycles. The van der Waals surface area contributed by atoms with Crippen LogP contribution < -0.4 is 5.32 Å². The van der Waals surface area contributed by atoms with Crippen molar-refractivity contribution in [3.05, 3.63) is 66.3 Å². The van der Waals surface area contributed by atoms with Crippen LogP contribution in [0.3, 0.4) is 0 Å². The van der Waals surface area contributed by atoms with Gasteiger partial charge in [0.2, 0.25) is 5.78 Å². The van der Waals surface area contributed by atoms with Crippen LogP contribution in [0.25, 0.3) is 0 Å². The Hall–Kier alpha value is -2.16. The van der Waals surface area contributed by atoms with Crippen LogP contribution in [0.5, 0.6) is 0 Å². The van der Waals surface area contributed by atoms with Crippen molar-refractivity contribution in [2.75, 3.05) is 0 Å². The fourth-order valence-corrected chi connectivity index (χ4v) is 1.25. The molecule has 1 aliphatic rings. The Morgan fingerprint density at radius 2 is 2.20 bits per heavy atom. The average molecular weight is 198 g/mol. The summed E-state index contributed by atoms with van der Waals surface area (Å²) in [7, 11) is 0. The molecule has 1 N–H and O–H groups in total. The van der Waals surface area contributed by atoms with Crippen LogP contribution in [0.2, 0.25) is 0 Å². The van der Waals surface area contributed by atoms with Crippen molar-refractivity contribution < 1.29 is 4.79 Å². The van der Waals surface area contributed by atoms with Crippen LogP contribution in [0.4, 0.5) is 0 Å². The molecular weight excluding hydrogens is 188 g/mol. The summed E-state index contributed by atoms with van der Waals surface area (Å²) >= 11 is 0. The number of Topliss-reactive ketones (excluding diaryl/α,β-unsaturated/α-hetero) is 1. The zero-order valence-corrected chi connectivity index (χ0v) is 8.05. The lowest BCUT2D eigenvalue weighted by molar-refractivity contribution is 0.102. The normalized spacial score (nSPS) is 14.0. The van der Waals surface area contributed by atoms with Gasteiger partial charge in [-0.15, -0.1) is 0 Å². The summed E-state index contributed by atoms with van der Waals surface area (Å²) in [5.74, 6) is -0.0562. The van der Waals surface area contributed by atoms with Crippen LogP contribution in [-0.4, -0.2) is 10.8 Å². The molecule has 1 aliphatic heterocycles. The van der Waals surface area contributed by atoms with Crippen molar-refractivity contribution >= 4 is 5.78 Å². The second kappa shape index (κ2) is 4.37. The highest BCUT2D eigenvalue weighted by Gasteiger charge is 2.10. The Labute approximate surface area is 87.8 Å². The molecule has 15 heavy (non-hydrogen) atoms. The van der Waals surface area contributed by atoms with Crippen LogP contribution in [0.15, 0.2) is 60.7 Å². The van der Waals surface area contributed by atoms with Gasteiger partial charge < -0.3 is 5.32 Å². The van der Waals surface area contributed by atoms with E-state index in [4.69, 9.17) is 0 Å². The van der Waals surface area contributed by atoms with Gasteiger partial charge in [0.1, 0.15) is 0 Å². The number of rotatable bonds is 2. The molecule has 0 aromatic carbocycles. The molecule has 0 atom stereocenters. The number of carbonyl (C=O) groups is 1. The Morgan fingerprint density at radius 3 is 3.00 bits per heavy atom. The van der Waals surface area contributed by atoms with E-state index in [2.05, 4.69) is 10.3 Å². The first-order chi connectivity index (χ1) is 7.38.